The van der Waals surface area contributed by atoms with Gasteiger partial charge in [0.15, 0.2) is 0 Å². The van der Waals surface area contributed by atoms with Crippen LogP contribution < -0.4 is 10.6 Å². The molecule has 0 radical (unpaired) electrons. The van der Waals surface area contributed by atoms with Crippen LogP contribution in [0.4, 0.5) is 4.79 Å². The minimum absolute atomic E-state index is 0.0759. The number of urea groups is 1. The number of carboxylic acids is 1. The molecule has 1 fully saturated rings. The van der Waals surface area contributed by atoms with Crippen LogP contribution in [-0.2, 0) is 4.79 Å². The van der Waals surface area contributed by atoms with E-state index in [9.17, 15) is 9.59 Å². The quantitative estimate of drug-likeness (QED) is 0.644. The second-order valence-electron chi connectivity index (χ2n) is 6.59. The fourth-order valence-corrected chi connectivity index (χ4v) is 2.95. The van der Waals surface area contributed by atoms with Crippen molar-refractivity contribution in [2.75, 3.05) is 6.54 Å². The monoisotopic (exact) mass is 298 g/mol. The zero-order valence-electron chi connectivity index (χ0n) is 13.5. The highest BCUT2D eigenvalue weighted by Crippen LogP contribution is 2.30. The van der Waals surface area contributed by atoms with Crippen molar-refractivity contribution >= 4 is 12.0 Å². The van der Waals surface area contributed by atoms with Crippen molar-refractivity contribution in [2.24, 2.45) is 17.8 Å². The van der Waals surface area contributed by atoms with Gasteiger partial charge in [0, 0.05) is 12.6 Å². The summed E-state index contributed by atoms with van der Waals surface area (Å²) in [5.74, 6) is 0.261. The van der Waals surface area contributed by atoms with Crippen LogP contribution in [0.25, 0.3) is 0 Å². The second kappa shape index (κ2) is 8.90. The number of nitrogens with one attached hydrogen (secondary N) is 2. The maximum atomic E-state index is 11.8. The summed E-state index contributed by atoms with van der Waals surface area (Å²) >= 11 is 0. The maximum absolute atomic E-state index is 11.8. The third-order valence-electron chi connectivity index (χ3n) is 4.64. The van der Waals surface area contributed by atoms with Gasteiger partial charge in [0.05, 0.1) is 5.92 Å². The summed E-state index contributed by atoms with van der Waals surface area (Å²) in [5.41, 5.74) is 0. The Morgan fingerprint density at radius 2 is 1.95 bits per heavy atom. The highest BCUT2D eigenvalue weighted by atomic mass is 16.4. The van der Waals surface area contributed by atoms with Crippen molar-refractivity contribution in [3.63, 3.8) is 0 Å². The summed E-state index contributed by atoms with van der Waals surface area (Å²) < 4.78 is 0. The van der Waals surface area contributed by atoms with E-state index in [1.165, 1.54) is 19.3 Å². The van der Waals surface area contributed by atoms with Crippen LogP contribution in [0.2, 0.25) is 0 Å². The van der Waals surface area contributed by atoms with Crippen molar-refractivity contribution in [3.05, 3.63) is 0 Å². The fraction of sp³-hybridized carbons (Fsp3) is 0.875. The first kappa shape index (κ1) is 17.8. The SMILES string of the molecule is CC(CCCC(C)C(=O)O)NC(=O)NCC1CCCC1C. The lowest BCUT2D eigenvalue weighted by Gasteiger charge is -2.18. The molecule has 1 aliphatic rings. The molecule has 5 heteroatoms. The molecule has 5 nitrogen and oxygen atoms in total. The molecule has 1 aliphatic carbocycles. The Morgan fingerprint density at radius 1 is 1.24 bits per heavy atom. The number of rotatable bonds is 8. The van der Waals surface area contributed by atoms with Gasteiger partial charge in [-0.3, -0.25) is 4.79 Å². The number of carbonyl (C=O) groups is 2. The zero-order valence-corrected chi connectivity index (χ0v) is 13.5. The number of carboxylic acid groups (broad SMARTS) is 1. The van der Waals surface area contributed by atoms with Gasteiger partial charge in [0.2, 0.25) is 0 Å². The van der Waals surface area contributed by atoms with Gasteiger partial charge < -0.3 is 15.7 Å². The molecule has 0 saturated heterocycles. The smallest absolute Gasteiger partial charge is 0.315 e. The number of carbonyl (C=O) groups excluding carboxylic acids is 1. The van der Waals surface area contributed by atoms with Crippen molar-refractivity contribution in [1.29, 1.82) is 0 Å². The molecular formula is C16H30N2O3. The number of aliphatic carboxylic acids is 1. The second-order valence-corrected chi connectivity index (χ2v) is 6.59. The Hall–Kier alpha value is -1.26. The van der Waals surface area contributed by atoms with Gasteiger partial charge in [-0.2, -0.15) is 0 Å². The summed E-state index contributed by atoms with van der Waals surface area (Å²) in [5, 5.41) is 14.7. The van der Waals surface area contributed by atoms with Gasteiger partial charge >= 0.3 is 12.0 Å². The Kier molecular flexibility index (Phi) is 7.54. The van der Waals surface area contributed by atoms with Crippen LogP contribution in [0.5, 0.6) is 0 Å². The predicted octanol–water partition coefficient (Wildman–Crippen LogP) is 3.00. The van der Waals surface area contributed by atoms with Crippen molar-refractivity contribution in [1.82, 2.24) is 10.6 Å². The van der Waals surface area contributed by atoms with E-state index in [1.807, 2.05) is 6.92 Å². The minimum Gasteiger partial charge on any atom is -0.481 e. The molecule has 0 spiro atoms. The Bertz CT molecular complexity index is 346. The van der Waals surface area contributed by atoms with Gasteiger partial charge in [-0.1, -0.05) is 33.1 Å². The topological polar surface area (TPSA) is 78.4 Å². The van der Waals surface area contributed by atoms with Crippen LogP contribution in [0.1, 0.15) is 59.3 Å². The van der Waals surface area contributed by atoms with Crippen molar-refractivity contribution in [3.8, 4) is 0 Å². The molecule has 1 saturated carbocycles. The minimum atomic E-state index is -0.751. The predicted molar refractivity (Wildman–Crippen MR) is 83.2 cm³/mol. The lowest BCUT2D eigenvalue weighted by Crippen LogP contribution is -2.42. The van der Waals surface area contributed by atoms with Gasteiger partial charge in [-0.15, -0.1) is 0 Å². The molecule has 0 aromatic rings. The zero-order chi connectivity index (χ0) is 15.8. The molecule has 0 heterocycles. The summed E-state index contributed by atoms with van der Waals surface area (Å²) in [4.78, 5) is 22.5. The third-order valence-corrected chi connectivity index (χ3v) is 4.64. The maximum Gasteiger partial charge on any atom is 0.315 e. The molecule has 0 aromatic carbocycles. The van der Waals surface area contributed by atoms with Gasteiger partial charge in [0.1, 0.15) is 0 Å². The van der Waals surface area contributed by atoms with E-state index in [2.05, 4.69) is 17.6 Å². The summed E-state index contributed by atoms with van der Waals surface area (Å²) in [6.07, 6.45) is 6.03. The number of hydrogen-bond donors (Lipinski definition) is 3. The van der Waals surface area contributed by atoms with E-state index >= 15 is 0 Å². The fourth-order valence-electron chi connectivity index (χ4n) is 2.95. The Balaban J connectivity index is 2.11. The first-order chi connectivity index (χ1) is 9.90. The molecule has 0 aromatic heterocycles. The molecule has 3 N–H and O–H groups in total. The highest BCUT2D eigenvalue weighted by Gasteiger charge is 2.23. The molecule has 21 heavy (non-hydrogen) atoms. The summed E-state index contributed by atoms with van der Waals surface area (Å²) in [7, 11) is 0. The molecule has 0 bridgehead atoms. The van der Waals surface area contributed by atoms with E-state index in [0.29, 0.717) is 18.3 Å². The Labute approximate surface area is 127 Å². The normalized spacial score (nSPS) is 24.3. The van der Waals surface area contributed by atoms with E-state index in [0.717, 1.165) is 19.4 Å². The molecule has 0 aliphatic heterocycles. The van der Waals surface area contributed by atoms with Crippen molar-refractivity contribution < 1.29 is 14.7 Å². The van der Waals surface area contributed by atoms with Crippen LogP contribution >= 0.6 is 0 Å². The summed E-state index contributed by atoms with van der Waals surface area (Å²) in [6, 6.07) is -0.0279. The molecule has 4 atom stereocenters. The van der Waals surface area contributed by atoms with E-state index in [4.69, 9.17) is 5.11 Å². The third kappa shape index (κ3) is 6.82. The molecule has 122 valence electrons. The highest BCUT2D eigenvalue weighted by molar-refractivity contribution is 5.74. The van der Waals surface area contributed by atoms with Crippen LogP contribution in [0.3, 0.4) is 0 Å². The average molecular weight is 298 g/mol. The number of hydrogen-bond acceptors (Lipinski definition) is 2. The molecular weight excluding hydrogens is 268 g/mol. The number of amides is 2. The first-order valence-electron chi connectivity index (χ1n) is 8.17. The largest absolute Gasteiger partial charge is 0.481 e. The lowest BCUT2D eigenvalue weighted by molar-refractivity contribution is -0.141. The lowest BCUT2D eigenvalue weighted by atomic mass is 9.98. The van der Waals surface area contributed by atoms with Gasteiger partial charge in [0.25, 0.3) is 0 Å². The van der Waals surface area contributed by atoms with Crippen LogP contribution in [-0.4, -0.2) is 29.7 Å². The standard InChI is InChI=1S/C16H30N2O3/c1-11-6-5-9-14(11)10-17-16(21)18-13(3)8-4-7-12(2)15(19)20/h11-14H,4-10H2,1-3H3,(H,19,20)(H2,17,18,21). The average Bonchev–Trinajstić information content (AvgIpc) is 2.81. The molecule has 4 unspecified atom stereocenters. The van der Waals surface area contributed by atoms with Gasteiger partial charge in [-0.05, 0) is 38.0 Å². The summed E-state index contributed by atoms with van der Waals surface area (Å²) in [6.45, 7) is 6.69. The molecule has 2 amide bonds. The van der Waals surface area contributed by atoms with Crippen LogP contribution in [0, 0.1) is 17.8 Å². The van der Waals surface area contributed by atoms with E-state index < -0.39 is 5.97 Å². The molecule has 1 rings (SSSR count). The van der Waals surface area contributed by atoms with E-state index in [-0.39, 0.29) is 18.0 Å². The first-order valence-corrected chi connectivity index (χ1v) is 8.17. The Morgan fingerprint density at radius 3 is 2.52 bits per heavy atom. The van der Waals surface area contributed by atoms with Crippen LogP contribution in [0.15, 0.2) is 0 Å². The van der Waals surface area contributed by atoms with E-state index in [1.54, 1.807) is 6.92 Å². The van der Waals surface area contributed by atoms with Crippen molar-refractivity contribution in [2.45, 2.75) is 65.3 Å². The van der Waals surface area contributed by atoms with Gasteiger partial charge in [-0.25, -0.2) is 4.79 Å².